The Kier molecular flexibility index (Phi) is 6.08. The molecule has 1 aliphatic heterocycles. The molecule has 1 unspecified atom stereocenters. The topological polar surface area (TPSA) is 38.8 Å². The molecule has 3 rings (SSSR count). The Morgan fingerprint density at radius 3 is 2.42 bits per heavy atom. The molecule has 2 aromatic rings. The monoisotopic (exact) mass is 351 g/mol. The molecule has 0 radical (unpaired) electrons. The number of ketones is 1. The summed E-state index contributed by atoms with van der Waals surface area (Å²) in [4.78, 5) is 14.4. The minimum absolute atomic E-state index is 0.0258. The third kappa shape index (κ3) is 4.96. The minimum atomic E-state index is -0.171. The van der Waals surface area contributed by atoms with E-state index in [-0.39, 0.29) is 12.1 Å². The molecule has 0 bridgehead atoms. The molecule has 0 spiro atoms. The van der Waals surface area contributed by atoms with Crippen molar-refractivity contribution in [2.75, 3.05) is 25.6 Å². The highest BCUT2D eigenvalue weighted by Gasteiger charge is 2.15. The SMILES string of the molecule is CN(C)c1ccc(/C=C/C(=O)c2ccc(OC3CCCCO3)cc2)cc1. The molecule has 1 heterocycles. The van der Waals surface area contributed by atoms with Crippen LogP contribution in [0.1, 0.15) is 35.2 Å². The molecular formula is C22H25NO3. The predicted molar refractivity (Wildman–Crippen MR) is 105 cm³/mol. The number of ether oxygens (including phenoxy) is 2. The molecule has 2 aromatic carbocycles. The van der Waals surface area contributed by atoms with Crippen LogP contribution in [0.4, 0.5) is 5.69 Å². The van der Waals surface area contributed by atoms with E-state index in [0.717, 1.165) is 42.9 Å². The summed E-state index contributed by atoms with van der Waals surface area (Å²) in [5.41, 5.74) is 2.77. The largest absolute Gasteiger partial charge is 0.465 e. The highest BCUT2D eigenvalue weighted by Crippen LogP contribution is 2.20. The zero-order chi connectivity index (χ0) is 18.4. The fourth-order valence-corrected chi connectivity index (χ4v) is 2.81. The van der Waals surface area contributed by atoms with Gasteiger partial charge in [0.05, 0.1) is 6.61 Å². The van der Waals surface area contributed by atoms with E-state index in [1.54, 1.807) is 18.2 Å². The van der Waals surface area contributed by atoms with Crippen molar-refractivity contribution in [3.8, 4) is 5.75 Å². The first-order chi connectivity index (χ1) is 12.6. The maximum Gasteiger partial charge on any atom is 0.199 e. The van der Waals surface area contributed by atoms with Crippen LogP contribution in [-0.2, 0) is 4.74 Å². The van der Waals surface area contributed by atoms with Gasteiger partial charge in [-0.1, -0.05) is 18.2 Å². The van der Waals surface area contributed by atoms with E-state index in [9.17, 15) is 4.79 Å². The average Bonchev–Trinajstić information content (AvgIpc) is 2.68. The van der Waals surface area contributed by atoms with Crippen LogP contribution in [0.3, 0.4) is 0 Å². The van der Waals surface area contributed by atoms with Gasteiger partial charge in [0, 0.05) is 31.8 Å². The third-order valence-corrected chi connectivity index (χ3v) is 4.38. The van der Waals surface area contributed by atoms with Gasteiger partial charge in [-0.3, -0.25) is 4.79 Å². The van der Waals surface area contributed by atoms with Crippen molar-refractivity contribution in [1.82, 2.24) is 0 Å². The number of hydrogen-bond acceptors (Lipinski definition) is 4. The first-order valence-electron chi connectivity index (χ1n) is 9.00. The molecule has 0 saturated carbocycles. The van der Waals surface area contributed by atoms with Crippen LogP contribution in [0.5, 0.6) is 5.75 Å². The van der Waals surface area contributed by atoms with E-state index in [4.69, 9.17) is 9.47 Å². The van der Waals surface area contributed by atoms with Crippen molar-refractivity contribution in [2.24, 2.45) is 0 Å². The second-order valence-electron chi connectivity index (χ2n) is 6.62. The highest BCUT2D eigenvalue weighted by atomic mass is 16.7. The van der Waals surface area contributed by atoms with Gasteiger partial charge in [-0.25, -0.2) is 0 Å². The van der Waals surface area contributed by atoms with Gasteiger partial charge in [0.15, 0.2) is 12.1 Å². The van der Waals surface area contributed by atoms with Gasteiger partial charge in [0.25, 0.3) is 0 Å². The van der Waals surface area contributed by atoms with Crippen molar-refractivity contribution >= 4 is 17.5 Å². The molecule has 0 amide bonds. The van der Waals surface area contributed by atoms with Gasteiger partial charge < -0.3 is 14.4 Å². The fraction of sp³-hybridized carbons (Fsp3) is 0.318. The molecule has 136 valence electrons. The lowest BCUT2D eigenvalue weighted by Crippen LogP contribution is -2.24. The summed E-state index contributed by atoms with van der Waals surface area (Å²) in [6, 6.07) is 15.3. The lowest BCUT2D eigenvalue weighted by Gasteiger charge is -2.23. The van der Waals surface area contributed by atoms with Crippen LogP contribution >= 0.6 is 0 Å². The summed E-state index contributed by atoms with van der Waals surface area (Å²) in [5.74, 6) is 0.707. The number of benzene rings is 2. The van der Waals surface area contributed by atoms with Gasteiger partial charge in [-0.2, -0.15) is 0 Å². The van der Waals surface area contributed by atoms with Gasteiger partial charge in [-0.15, -0.1) is 0 Å². The van der Waals surface area contributed by atoms with Crippen LogP contribution in [0.25, 0.3) is 6.08 Å². The number of rotatable bonds is 6. The Bertz CT molecular complexity index is 742. The molecule has 4 nitrogen and oxygen atoms in total. The Balaban J connectivity index is 1.58. The summed E-state index contributed by atoms with van der Waals surface area (Å²) in [6.45, 7) is 0.752. The first kappa shape index (κ1) is 18.2. The molecule has 26 heavy (non-hydrogen) atoms. The highest BCUT2D eigenvalue weighted by molar-refractivity contribution is 6.06. The second-order valence-corrected chi connectivity index (χ2v) is 6.62. The summed E-state index contributed by atoms with van der Waals surface area (Å²) in [6.07, 6.45) is 6.40. The maximum absolute atomic E-state index is 12.3. The fourth-order valence-electron chi connectivity index (χ4n) is 2.81. The molecule has 1 fully saturated rings. The summed E-state index contributed by atoms with van der Waals surface area (Å²) < 4.78 is 11.4. The van der Waals surface area contributed by atoms with Crippen LogP contribution < -0.4 is 9.64 Å². The zero-order valence-electron chi connectivity index (χ0n) is 15.4. The Morgan fingerprint density at radius 2 is 1.81 bits per heavy atom. The number of allylic oxidation sites excluding steroid dienone is 1. The third-order valence-electron chi connectivity index (χ3n) is 4.38. The Labute approximate surface area is 155 Å². The van der Waals surface area contributed by atoms with E-state index in [1.807, 2.05) is 61.5 Å². The molecule has 0 aliphatic carbocycles. The lowest BCUT2D eigenvalue weighted by molar-refractivity contribution is -0.105. The number of anilines is 1. The Morgan fingerprint density at radius 1 is 1.08 bits per heavy atom. The van der Waals surface area contributed by atoms with E-state index >= 15 is 0 Å². The van der Waals surface area contributed by atoms with Gasteiger partial charge in [-0.05, 0) is 60.9 Å². The van der Waals surface area contributed by atoms with Gasteiger partial charge in [0.2, 0.25) is 0 Å². The van der Waals surface area contributed by atoms with E-state index in [1.165, 1.54) is 0 Å². The summed E-state index contributed by atoms with van der Waals surface area (Å²) >= 11 is 0. The molecule has 0 aromatic heterocycles. The normalized spacial score (nSPS) is 17.2. The van der Waals surface area contributed by atoms with E-state index < -0.39 is 0 Å². The van der Waals surface area contributed by atoms with Gasteiger partial charge in [0.1, 0.15) is 5.75 Å². The standard InChI is InChI=1S/C22H25NO3/c1-23(2)19-11-6-17(7-12-19)8-15-21(24)18-9-13-20(14-10-18)26-22-5-3-4-16-25-22/h6-15,22H,3-5,16H2,1-2H3/b15-8+. The van der Waals surface area contributed by atoms with E-state index in [2.05, 4.69) is 0 Å². The predicted octanol–water partition coefficient (Wildman–Crippen LogP) is 4.55. The smallest absolute Gasteiger partial charge is 0.199 e. The number of carbonyl (C=O) groups is 1. The summed E-state index contributed by atoms with van der Waals surface area (Å²) in [7, 11) is 4.00. The van der Waals surface area contributed by atoms with Crippen LogP contribution in [0.2, 0.25) is 0 Å². The van der Waals surface area contributed by atoms with Crippen molar-refractivity contribution < 1.29 is 14.3 Å². The van der Waals surface area contributed by atoms with Crippen LogP contribution in [0, 0.1) is 0 Å². The zero-order valence-corrected chi connectivity index (χ0v) is 15.4. The molecular weight excluding hydrogens is 326 g/mol. The molecule has 0 N–H and O–H groups in total. The van der Waals surface area contributed by atoms with Crippen molar-refractivity contribution in [3.63, 3.8) is 0 Å². The van der Waals surface area contributed by atoms with Gasteiger partial charge >= 0.3 is 0 Å². The van der Waals surface area contributed by atoms with Crippen LogP contribution in [-0.4, -0.2) is 32.8 Å². The Hall–Kier alpha value is -2.59. The molecule has 1 atom stereocenters. The van der Waals surface area contributed by atoms with Crippen LogP contribution in [0.15, 0.2) is 54.6 Å². The molecule has 1 aliphatic rings. The van der Waals surface area contributed by atoms with Crippen molar-refractivity contribution in [3.05, 3.63) is 65.7 Å². The summed E-state index contributed by atoms with van der Waals surface area (Å²) in [5, 5.41) is 0. The molecule has 1 saturated heterocycles. The average molecular weight is 351 g/mol. The van der Waals surface area contributed by atoms with Crippen molar-refractivity contribution in [2.45, 2.75) is 25.6 Å². The van der Waals surface area contributed by atoms with Crippen molar-refractivity contribution in [1.29, 1.82) is 0 Å². The first-order valence-corrected chi connectivity index (χ1v) is 9.00. The minimum Gasteiger partial charge on any atom is -0.465 e. The molecule has 4 heteroatoms. The number of nitrogens with zero attached hydrogens (tertiary/aromatic N) is 1. The lowest BCUT2D eigenvalue weighted by atomic mass is 10.1. The number of carbonyl (C=O) groups excluding carboxylic acids is 1. The van der Waals surface area contributed by atoms with E-state index in [0.29, 0.717) is 5.56 Å². The second kappa shape index (κ2) is 8.68. The quantitative estimate of drug-likeness (QED) is 0.565. The number of hydrogen-bond donors (Lipinski definition) is 0. The maximum atomic E-state index is 12.3.